The van der Waals surface area contributed by atoms with Gasteiger partial charge in [-0.05, 0) is 38.5 Å². The Balaban J connectivity index is 1.32. The Bertz CT molecular complexity index is 658. The van der Waals surface area contributed by atoms with Crippen molar-refractivity contribution in [3.63, 3.8) is 0 Å². The summed E-state index contributed by atoms with van der Waals surface area (Å²) in [5.41, 5.74) is 0. The molecule has 0 aromatic heterocycles. The van der Waals surface area contributed by atoms with Crippen LogP contribution in [0.25, 0.3) is 0 Å². The van der Waals surface area contributed by atoms with Gasteiger partial charge in [-0.2, -0.15) is 0 Å². The number of nitrogens with one attached hydrogen (secondary N) is 1. The van der Waals surface area contributed by atoms with Crippen LogP contribution in [0.3, 0.4) is 0 Å². The molecular weight excluding hydrogens is 396 g/mol. The summed E-state index contributed by atoms with van der Waals surface area (Å²) in [6, 6.07) is 0. The van der Waals surface area contributed by atoms with E-state index in [0.717, 1.165) is 12.8 Å². The van der Waals surface area contributed by atoms with Gasteiger partial charge in [0.2, 0.25) is 5.91 Å². The van der Waals surface area contributed by atoms with Crippen LogP contribution >= 0.6 is 0 Å². The van der Waals surface area contributed by atoms with Crippen LogP contribution in [0.1, 0.15) is 32.6 Å². The number of carbonyl (C=O) groups is 3. The minimum atomic E-state index is -1.37. The van der Waals surface area contributed by atoms with Crippen LogP contribution in [0.15, 0.2) is 12.2 Å². The minimum Gasteiger partial charge on any atom is -0.388 e. The predicted octanol–water partition coefficient (Wildman–Crippen LogP) is -1.32. The molecule has 10 nitrogen and oxygen atoms in total. The molecule has 4 N–H and O–H groups in total. The first-order chi connectivity index (χ1) is 14.3. The van der Waals surface area contributed by atoms with Gasteiger partial charge in [-0.15, -0.1) is 0 Å². The molecular formula is C20H30N2O8. The third kappa shape index (κ3) is 5.25. The monoisotopic (exact) mass is 426 g/mol. The Morgan fingerprint density at radius 1 is 1.10 bits per heavy atom. The lowest BCUT2D eigenvalue weighted by atomic mass is 9.81. The summed E-state index contributed by atoms with van der Waals surface area (Å²) in [5.74, 6) is -0.551. The second kappa shape index (κ2) is 9.97. The van der Waals surface area contributed by atoms with Gasteiger partial charge in [-0.3, -0.25) is 19.3 Å². The molecule has 3 amide bonds. The number of aliphatic hydroxyl groups excluding tert-OH is 3. The topological polar surface area (TPSA) is 146 Å². The van der Waals surface area contributed by atoms with Crippen molar-refractivity contribution in [1.29, 1.82) is 0 Å². The molecule has 0 radical (unpaired) electrons. The first kappa shape index (κ1) is 22.8. The quantitative estimate of drug-likeness (QED) is 0.290. The molecule has 5 unspecified atom stereocenters. The average molecular weight is 426 g/mol. The molecule has 2 aliphatic heterocycles. The molecule has 1 aliphatic carbocycles. The molecule has 10 heteroatoms. The van der Waals surface area contributed by atoms with Crippen LogP contribution < -0.4 is 5.32 Å². The lowest BCUT2D eigenvalue weighted by molar-refractivity contribution is -0.292. The van der Waals surface area contributed by atoms with Crippen LogP contribution in [0, 0.1) is 11.8 Å². The highest BCUT2D eigenvalue weighted by atomic mass is 16.7. The molecule has 30 heavy (non-hydrogen) atoms. The van der Waals surface area contributed by atoms with Crippen LogP contribution in [0.4, 0.5) is 0 Å². The summed E-state index contributed by atoms with van der Waals surface area (Å²) in [5, 5.41) is 32.1. The normalized spacial score (nSPS) is 36.9. The third-order valence-electron chi connectivity index (χ3n) is 6.05. The van der Waals surface area contributed by atoms with Gasteiger partial charge in [0.15, 0.2) is 6.29 Å². The molecule has 5 atom stereocenters. The number of ether oxygens (including phenoxy) is 2. The van der Waals surface area contributed by atoms with E-state index in [1.807, 2.05) is 0 Å². The fourth-order valence-corrected chi connectivity index (χ4v) is 4.12. The molecule has 0 aromatic carbocycles. The summed E-state index contributed by atoms with van der Waals surface area (Å²) in [4.78, 5) is 36.9. The molecule has 2 fully saturated rings. The van der Waals surface area contributed by atoms with E-state index < -0.39 is 30.7 Å². The van der Waals surface area contributed by atoms with E-state index in [1.165, 1.54) is 17.1 Å². The van der Waals surface area contributed by atoms with Crippen molar-refractivity contribution in [2.24, 2.45) is 11.8 Å². The summed E-state index contributed by atoms with van der Waals surface area (Å²) in [7, 11) is 0. The Morgan fingerprint density at radius 2 is 1.73 bits per heavy atom. The second-order valence-corrected chi connectivity index (χ2v) is 8.18. The minimum absolute atomic E-state index is 0.0824. The van der Waals surface area contributed by atoms with Crippen LogP contribution in [-0.2, 0) is 23.9 Å². The fourth-order valence-electron chi connectivity index (χ4n) is 4.12. The first-order valence-corrected chi connectivity index (χ1v) is 10.4. The number of hydrogen-bond donors (Lipinski definition) is 4. The lowest BCUT2D eigenvalue weighted by Crippen LogP contribution is -2.57. The number of hydrogen-bond acceptors (Lipinski definition) is 8. The molecule has 0 bridgehead atoms. The molecule has 3 aliphatic rings. The zero-order valence-electron chi connectivity index (χ0n) is 17.0. The van der Waals surface area contributed by atoms with Gasteiger partial charge in [-0.1, -0.05) is 0 Å². The van der Waals surface area contributed by atoms with Gasteiger partial charge in [0, 0.05) is 31.2 Å². The zero-order valence-corrected chi connectivity index (χ0v) is 17.0. The Kier molecular flexibility index (Phi) is 7.59. The molecule has 0 aromatic rings. The highest BCUT2D eigenvalue weighted by molar-refractivity contribution is 6.12. The standard InChI is InChI=1S/C20H30N2O8/c1-11-16(25)17(26)18(27)20(30-11)29-9-8-21-19(28)13-4-2-12(3-5-13)10-22-14(23)6-7-15(22)24/h6-7,11-13,16-18,20,25-27H,2-5,8-10H2,1H3,(H,21,28). The Labute approximate surface area is 174 Å². The van der Waals surface area contributed by atoms with Crippen molar-refractivity contribution in [2.75, 3.05) is 19.7 Å². The SMILES string of the molecule is CC1OC(OCCNC(=O)C2CCC(CN3C(=O)C=CC3=O)CC2)C(O)C(O)C1O. The Morgan fingerprint density at radius 3 is 2.37 bits per heavy atom. The highest BCUT2D eigenvalue weighted by Gasteiger charge is 2.42. The van der Waals surface area contributed by atoms with Crippen molar-refractivity contribution in [3.8, 4) is 0 Å². The molecule has 2 heterocycles. The average Bonchev–Trinajstić information content (AvgIpc) is 3.05. The van der Waals surface area contributed by atoms with Crippen molar-refractivity contribution in [1.82, 2.24) is 10.2 Å². The Hall–Kier alpha value is -1.85. The number of imide groups is 1. The van der Waals surface area contributed by atoms with E-state index in [-0.39, 0.29) is 42.7 Å². The number of nitrogens with zero attached hydrogens (tertiary/aromatic N) is 1. The first-order valence-electron chi connectivity index (χ1n) is 10.4. The lowest BCUT2D eigenvalue weighted by Gasteiger charge is -2.38. The van der Waals surface area contributed by atoms with Gasteiger partial charge in [0.1, 0.15) is 18.3 Å². The van der Waals surface area contributed by atoms with Crippen molar-refractivity contribution >= 4 is 17.7 Å². The smallest absolute Gasteiger partial charge is 0.253 e. The van der Waals surface area contributed by atoms with Crippen LogP contribution in [-0.4, -0.2) is 88.3 Å². The highest BCUT2D eigenvalue weighted by Crippen LogP contribution is 2.30. The molecule has 1 saturated heterocycles. The van der Waals surface area contributed by atoms with Gasteiger partial charge in [0.05, 0.1) is 12.7 Å². The van der Waals surface area contributed by atoms with E-state index in [1.54, 1.807) is 6.92 Å². The van der Waals surface area contributed by atoms with Crippen molar-refractivity contribution < 1.29 is 39.2 Å². The van der Waals surface area contributed by atoms with Crippen molar-refractivity contribution in [2.45, 2.75) is 63.3 Å². The van der Waals surface area contributed by atoms with E-state index in [2.05, 4.69) is 5.32 Å². The van der Waals surface area contributed by atoms with Gasteiger partial charge in [-0.25, -0.2) is 0 Å². The number of carbonyl (C=O) groups excluding carboxylic acids is 3. The maximum atomic E-state index is 12.4. The molecule has 3 rings (SSSR count). The summed E-state index contributed by atoms with van der Waals surface area (Å²) >= 11 is 0. The van der Waals surface area contributed by atoms with E-state index in [4.69, 9.17) is 9.47 Å². The van der Waals surface area contributed by atoms with E-state index >= 15 is 0 Å². The maximum absolute atomic E-state index is 12.4. The van der Waals surface area contributed by atoms with Gasteiger partial charge < -0.3 is 30.1 Å². The van der Waals surface area contributed by atoms with E-state index in [9.17, 15) is 29.7 Å². The fraction of sp³-hybridized carbons (Fsp3) is 0.750. The third-order valence-corrected chi connectivity index (χ3v) is 6.05. The van der Waals surface area contributed by atoms with Gasteiger partial charge >= 0.3 is 0 Å². The number of amides is 3. The molecule has 168 valence electrons. The maximum Gasteiger partial charge on any atom is 0.253 e. The van der Waals surface area contributed by atoms with Gasteiger partial charge in [0.25, 0.3) is 11.8 Å². The largest absolute Gasteiger partial charge is 0.388 e. The predicted molar refractivity (Wildman–Crippen MR) is 103 cm³/mol. The molecule has 1 saturated carbocycles. The number of aliphatic hydroxyl groups is 3. The number of rotatable bonds is 7. The summed E-state index contributed by atoms with van der Waals surface area (Å²) < 4.78 is 10.7. The zero-order chi connectivity index (χ0) is 21.8. The van der Waals surface area contributed by atoms with E-state index in [0.29, 0.717) is 19.4 Å². The molecule has 0 spiro atoms. The van der Waals surface area contributed by atoms with Crippen LogP contribution in [0.2, 0.25) is 0 Å². The summed E-state index contributed by atoms with van der Waals surface area (Å²) in [6.45, 7) is 2.28. The van der Waals surface area contributed by atoms with Crippen LogP contribution in [0.5, 0.6) is 0 Å². The second-order valence-electron chi connectivity index (χ2n) is 8.18. The van der Waals surface area contributed by atoms with Crippen molar-refractivity contribution in [3.05, 3.63) is 12.2 Å². The summed E-state index contributed by atoms with van der Waals surface area (Å²) in [6.07, 6.45) is -0.187.